The molecular weight excluding hydrogens is 326 g/mol. The standard InChI is InChI=1S/C20H21N5O/c1-15-23-18(20(26)22-13-17-9-6-10-21-12-17)11-19(24-15)25(2)14-16-7-4-3-5-8-16/h3-12H,13-14H2,1-2H3,(H,22,26). The number of benzene rings is 1. The maximum Gasteiger partial charge on any atom is 0.270 e. The van der Waals surface area contributed by atoms with Crippen molar-refractivity contribution >= 4 is 11.7 Å². The van der Waals surface area contributed by atoms with Crippen LogP contribution in [-0.4, -0.2) is 27.9 Å². The number of aryl methyl sites for hydroxylation is 1. The lowest BCUT2D eigenvalue weighted by Crippen LogP contribution is -2.25. The minimum absolute atomic E-state index is 0.228. The van der Waals surface area contributed by atoms with Gasteiger partial charge in [0, 0.05) is 38.6 Å². The second kappa shape index (κ2) is 8.20. The summed E-state index contributed by atoms with van der Waals surface area (Å²) in [5, 5.41) is 2.87. The van der Waals surface area contributed by atoms with E-state index in [1.165, 1.54) is 5.56 Å². The van der Waals surface area contributed by atoms with Crippen LogP contribution in [0.4, 0.5) is 5.82 Å². The number of aromatic nitrogens is 3. The van der Waals surface area contributed by atoms with Crippen LogP contribution in [0, 0.1) is 6.92 Å². The molecule has 0 spiro atoms. The number of anilines is 1. The van der Waals surface area contributed by atoms with Gasteiger partial charge in [-0.05, 0) is 24.1 Å². The van der Waals surface area contributed by atoms with Gasteiger partial charge >= 0.3 is 0 Å². The third-order valence-electron chi connectivity index (χ3n) is 3.89. The highest BCUT2D eigenvalue weighted by molar-refractivity contribution is 5.92. The summed E-state index contributed by atoms with van der Waals surface area (Å²) < 4.78 is 0. The van der Waals surface area contributed by atoms with Gasteiger partial charge in [-0.1, -0.05) is 36.4 Å². The van der Waals surface area contributed by atoms with Crippen LogP contribution in [0.2, 0.25) is 0 Å². The van der Waals surface area contributed by atoms with Gasteiger partial charge in [-0.25, -0.2) is 9.97 Å². The minimum atomic E-state index is -0.228. The van der Waals surface area contributed by atoms with Crippen LogP contribution >= 0.6 is 0 Å². The van der Waals surface area contributed by atoms with E-state index >= 15 is 0 Å². The Morgan fingerprint density at radius 2 is 1.85 bits per heavy atom. The molecule has 0 atom stereocenters. The molecular formula is C20H21N5O. The number of carbonyl (C=O) groups is 1. The first kappa shape index (κ1) is 17.5. The van der Waals surface area contributed by atoms with E-state index in [-0.39, 0.29) is 5.91 Å². The summed E-state index contributed by atoms with van der Waals surface area (Å²) in [7, 11) is 1.95. The largest absolute Gasteiger partial charge is 0.355 e. The number of nitrogens with one attached hydrogen (secondary N) is 1. The van der Waals surface area contributed by atoms with Gasteiger partial charge in [0.25, 0.3) is 5.91 Å². The van der Waals surface area contributed by atoms with Crippen molar-refractivity contribution in [1.82, 2.24) is 20.3 Å². The first-order valence-corrected chi connectivity index (χ1v) is 8.39. The molecule has 6 nitrogen and oxygen atoms in total. The van der Waals surface area contributed by atoms with Crippen molar-refractivity contribution in [2.45, 2.75) is 20.0 Å². The maximum absolute atomic E-state index is 12.5. The Labute approximate surface area is 153 Å². The molecule has 0 saturated carbocycles. The smallest absolute Gasteiger partial charge is 0.270 e. The highest BCUT2D eigenvalue weighted by atomic mass is 16.1. The minimum Gasteiger partial charge on any atom is -0.355 e. The van der Waals surface area contributed by atoms with Gasteiger partial charge in [-0.15, -0.1) is 0 Å². The number of hydrogen-bond acceptors (Lipinski definition) is 5. The van der Waals surface area contributed by atoms with Gasteiger partial charge in [0.2, 0.25) is 0 Å². The molecule has 1 aromatic carbocycles. The molecule has 1 N–H and O–H groups in total. The van der Waals surface area contributed by atoms with Crippen LogP contribution in [0.25, 0.3) is 0 Å². The highest BCUT2D eigenvalue weighted by Gasteiger charge is 2.13. The van der Waals surface area contributed by atoms with Crippen molar-refractivity contribution in [3.8, 4) is 0 Å². The number of carbonyl (C=O) groups excluding carboxylic acids is 1. The van der Waals surface area contributed by atoms with E-state index in [0.29, 0.717) is 30.4 Å². The molecule has 2 heterocycles. The number of pyridine rings is 1. The van der Waals surface area contributed by atoms with Gasteiger partial charge in [0.15, 0.2) is 0 Å². The number of amides is 1. The van der Waals surface area contributed by atoms with Crippen molar-refractivity contribution in [3.05, 3.63) is 83.6 Å². The zero-order valence-electron chi connectivity index (χ0n) is 14.9. The van der Waals surface area contributed by atoms with Crippen LogP contribution < -0.4 is 10.2 Å². The van der Waals surface area contributed by atoms with Crippen LogP contribution in [0.15, 0.2) is 60.9 Å². The van der Waals surface area contributed by atoms with E-state index in [1.807, 2.05) is 42.3 Å². The van der Waals surface area contributed by atoms with Crippen molar-refractivity contribution in [1.29, 1.82) is 0 Å². The van der Waals surface area contributed by atoms with E-state index in [2.05, 4.69) is 32.4 Å². The van der Waals surface area contributed by atoms with E-state index in [4.69, 9.17) is 0 Å². The molecule has 2 aromatic heterocycles. The van der Waals surface area contributed by atoms with Crippen molar-refractivity contribution in [2.24, 2.45) is 0 Å². The van der Waals surface area contributed by atoms with Crippen LogP contribution in [0.3, 0.4) is 0 Å². The molecule has 0 unspecified atom stereocenters. The Morgan fingerprint density at radius 3 is 2.58 bits per heavy atom. The second-order valence-corrected chi connectivity index (χ2v) is 6.04. The lowest BCUT2D eigenvalue weighted by atomic mass is 10.2. The summed E-state index contributed by atoms with van der Waals surface area (Å²) in [6.07, 6.45) is 3.43. The normalized spacial score (nSPS) is 10.4. The fourth-order valence-electron chi connectivity index (χ4n) is 2.58. The quantitative estimate of drug-likeness (QED) is 0.742. The average molecular weight is 347 g/mol. The second-order valence-electron chi connectivity index (χ2n) is 6.04. The van der Waals surface area contributed by atoms with Crippen LogP contribution in [0.5, 0.6) is 0 Å². The lowest BCUT2D eigenvalue weighted by molar-refractivity contribution is 0.0945. The number of rotatable bonds is 6. The molecule has 6 heteroatoms. The summed E-state index contributed by atoms with van der Waals surface area (Å²) in [4.78, 5) is 27.2. The molecule has 0 aliphatic heterocycles. The first-order chi connectivity index (χ1) is 12.6. The summed E-state index contributed by atoms with van der Waals surface area (Å²) in [6, 6.07) is 15.6. The van der Waals surface area contributed by atoms with E-state index in [0.717, 1.165) is 5.56 Å². The fraction of sp³-hybridized carbons (Fsp3) is 0.200. The van der Waals surface area contributed by atoms with E-state index in [9.17, 15) is 4.79 Å². The molecule has 0 fully saturated rings. The van der Waals surface area contributed by atoms with Gasteiger partial charge in [-0.3, -0.25) is 9.78 Å². The Morgan fingerprint density at radius 1 is 1.08 bits per heavy atom. The monoisotopic (exact) mass is 347 g/mol. The molecule has 3 rings (SSSR count). The molecule has 0 aliphatic rings. The molecule has 0 aliphatic carbocycles. The first-order valence-electron chi connectivity index (χ1n) is 8.39. The Hall–Kier alpha value is -3.28. The third-order valence-corrected chi connectivity index (χ3v) is 3.89. The van der Waals surface area contributed by atoms with Gasteiger partial charge in [0.1, 0.15) is 17.3 Å². The zero-order chi connectivity index (χ0) is 18.4. The van der Waals surface area contributed by atoms with Crippen molar-refractivity contribution in [2.75, 3.05) is 11.9 Å². The molecule has 26 heavy (non-hydrogen) atoms. The van der Waals surface area contributed by atoms with E-state index in [1.54, 1.807) is 25.4 Å². The molecule has 0 saturated heterocycles. The van der Waals surface area contributed by atoms with Crippen LogP contribution in [0.1, 0.15) is 27.4 Å². The Kier molecular flexibility index (Phi) is 5.53. The molecule has 3 aromatic rings. The summed E-state index contributed by atoms with van der Waals surface area (Å²) in [6.45, 7) is 2.90. The molecule has 1 amide bonds. The van der Waals surface area contributed by atoms with Crippen molar-refractivity contribution in [3.63, 3.8) is 0 Å². The predicted octanol–water partition coefficient (Wildman–Crippen LogP) is 2.75. The van der Waals surface area contributed by atoms with Crippen LogP contribution in [-0.2, 0) is 13.1 Å². The Bertz CT molecular complexity index is 868. The molecule has 0 bridgehead atoms. The maximum atomic E-state index is 12.5. The number of hydrogen-bond donors (Lipinski definition) is 1. The summed E-state index contributed by atoms with van der Waals surface area (Å²) in [5.41, 5.74) is 2.47. The lowest BCUT2D eigenvalue weighted by Gasteiger charge is -2.19. The van der Waals surface area contributed by atoms with Gasteiger partial charge < -0.3 is 10.2 Å². The molecule has 0 radical (unpaired) electrons. The average Bonchev–Trinajstić information content (AvgIpc) is 2.67. The molecule has 132 valence electrons. The summed E-state index contributed by atoms with van der Waals surface area (Å²) in [5.74, 6) is 1.05. The SMILES string of the molecule is Cc1nc(C(=O)NCc2cccnc2)cc(N(C)Cc2ccccc2)n1. The van der Waals surface area contributed by atoms with Gasteiger partial charge in [-0.2, -0.15) is 0 Å². The number of nitrogens with zero attached hydrogens (tertiary/aromatic N) is 4. The highest BCUT2D eigenvalue weighted by Crippen LogP contribution is 2.14. The topological polar surface area (TPSA) is 71.0 Å². The Balaban J connectivity index is 1.71. The van der Waals surface area contributed by atoms with Crippen molar-refractivity contribution < 1.29 is 4.79 Å². The fourth-order valence-corrected chi connectivity index (χ4v) is 2.58. The third kappa shape index (κ3) is 4.63. The summed E-state index contributed by atoms with van der Waals surface area (Å²) >= 11 is 0. The van der Waals surface area contributed by atoms with E-state index < -0.39 is 0 Å². The predicted molar refractivity (Wildman–Crippen MR) is 101 cm³/mol. The van der Waals surface area contributed by atoms with Gasteiger partial charge in [0.05, 0.1) is 0 Å². The zero-order valence-corrected chi connectivity index (χ0v) is 14.9.